The van der Waals surface area contributed by atoms with Gasteiger partial charge in [-0.15, -0.1) is 0 Å². The summed E-state index contributed by atoms with van der Waals surface area (Å²) < 4.78 is 0. The molecule has 1 aromatic rings. The quantitative estimate of drug-likeness (QED) is 0.680. The Morgan fingerprint density at radius 1 is 1.41 bits per heavy atom. The summed E-state index contributed by atoms with van der Waals surface area (Å²) in [5.41, 5.74) is 7.36. The summed E-state index contributed by atoms with van der Waals surface area (Å²) in [6.45, 7) is 4.10. The molecule has 92 valence electrons. The van der Waals surface area contributed by atoms with Gasteiger partial charge in [-0.3, -0.25) is 0 Å². The van der Waals surface area contributed by atoms with E-state index in [0.29, 0.717) is 11.3 Å². The summed E-state index contributed by atoms with van der Waals surface area (Å²) in [7, 11) is 0. The highest BCUT2D eigenvalue weighted by atomic mass is 16.3. The summed E-state index contributed by atoms with van der Waals surface area (Å²) in [5, 5.41) is 21.5. The van der Waals surface area contributed by atoms with E-state index in [0.717, 1.165) is 18.5 Å². The average molecular weight is 233 g/mol. The lowest BCUT2D eigenvalue weighted by molar-refractivity contribution is 0.202. The van der Waals surface area contributed by atoms with Gasteiger partial charge in [0, 0.05) is 0 Å². The number of nitrogens with one attached hydrogen (secondary N) is 1. The molecule has 0 heterocycles. The van der Waals surface area contributed by atoms with Gasteiger partial charge in [0.15, 0.2) is 0 Å². The summed E-state index contributed by atoms with van der Waals surface area (Å²) in [6, 6.07) is 7.17. The zero-order valence-electron chi connectivity index (χ0n) is 10.3. The molecule has 1 aromatic carbocycles. The first-order valence-electron chi connectivity index (χ1n) is 5.79. The summed E-state index contributed by atoms with van der Waals surface area (Å²) in [4.78, 5) is 0. The number of hydrogen-bond donors (Lipinski definition) is 3. The summed E-state index contributed by atoms with van der Waals surface area (Å²) in [6.07, 6.45) is 1.61. The molecule has 0 unspecified atom stereocenters. The number of rotatable bonds is 5. The van der Waals surface area contributed by atoms with Crippen LogP contribution in [0.3, 0.4) is 0 Å². The highest BCUT2D eigenvalue weighted by Crippen LogP contribution is 2.26. The summed E-state index contributed by atoms with van der Waals surface area (Å²) in [5.74, 6) is 0. The molecule has 0 atom stereocenters. The number of nitrogen functional groups attached to an aromatic ring is 1. The van der Waals surface area contributed by atoms with E-state index in [1.54, 1.807) is 18.2 Å². The van der Waals surface area contributed by atoms with Gasteiger partial charge in [0.25, 0.3) is 0 Å². The highest BCUT2D eigenvalue weighted by Gasteiger charge is 2.25. The van der Waals surface area contributed by atoms with Crippen LogP contribution >= 0.6 is 0 Å². The van der Waals surface area contributed by atoms with Crippen LogP contribution in [0, 0.1) is 11.3 Å². The third-order valence-electron chi connectivity index (χ3n) is 3.24. The molecule has 4 heteroatoms. The Hall–Kier alpha value is -1.73. The molecule has 0 radical (unpaired) electrons. The number of aliphatic hydroxyl groups excluding tert-OH is 1. The number of hydrogen-bond acceptors (Lipinski definition) is 4. The Labute approximate surface area is 102 Å². The Balaban J connectivity index is 2.99. The SMILES string of the molecule is CCC(CC)(CO)Nc1ccc(C#N)cc1N. The van der Waals surface area contributed by atoms with E-state index in [4.69, 9.17) is 11.0 Å². The monoisotopic (exact) mass is 233 g/mol. The molecule has 0 bridgehead atoms. The molecule has 0 aromatic heterocycles. The average Bonchev–Trinajstić information content (AvgIpc) is 2.38. The molecular formula is C13H19N3O. The maximum absolute atomic E-state index is 9.47. The summed E-state index contributed by atoms with van der Waals surface area (Å²) >= 11 is 0. The first-order valence-corrected chi connectivity index (χ1v) is 5.79. The van der Waals surface area contributed by atoms with Gasteiger partial charge in [0.1, 0.15) is 0 Å². The van der Waals surface area contributed by atoms with Gasteiger partial charge in [-0.2, -0.15) is 5.26 Å². The third kappa shape index (κ3) is 2.89. The molecule has 0 spiro atoms. The maximum atomic E-state index is 9.47. The zero-order chi connectivity index (χ0) is 12.9. The van der Waals surface area contributed by atoms with Crippen molar-refractivity contribution in [2.24, 2.45) is 0 Å². The zero-order valence-corrected chi connectivity index (χ0v) is 10.3. The number of benzene rings is 1. The molecule has 0 aliphatic rings. The smallest absolute Gasteiger partial charge is 0.0992 e. The normalized spacial score (nSPS) is 10.9. The van der Waals surface area contributed by atoms with Crippen molar-refractivity contribution < 1.29 is 5.11 Å². The van der Waals surface area contributed by atoms with Crippen LogP contribution in [0.5, 0.6) is 0 Å². The van der Waals surface area contributed by atoms with Crippen molar-refractivity contribution >= 4 is 11.4 Å². The Morgan fingerprint density at radius 3 is 2.47 bits per heavy atom. The van der Waals surface area contributed by atoms with Crippen molar-refractivity contribution in [3.8, 4) is 6.07 Å². The molecule has 17 heavy (non-hydrogen) atoms. The van der Waals surface area contributed by atoms with E-state index in [1.165, 1.54) is 0 Å². The van der Waals surface area contributed by atoms with Crippen LogP contribution in [-0.2, 0) is 0 Å². The lowest BCUT2D eigenvalue weighted by Crippen LogP contribution is -2.41. The van der Waals surface area contributed by atoms with Crippen LogP contribution < -0.4 is 11.1 Å². The minimum Gasteiger partial charge on any atom is -0.397 e. The van der Waals surface area contributed by atoms with Gasteiger partial charge >= 0.3 is 0 Å². The van der Waals surface area contributed by atoms with Crippen molar-refractivity contribution in [3.05, 3.63) is 23.8 Å². The minimum absolute atomic E-state index is 0.0550. The van der Waals surface area contributed by atoms with Crippen LogP contribution in [0.4, 0.5) is 11.4 Å². The number of nitrogens with zero attached hydrogens (tertiary/aromatic N) is 1. The lowest BCUT2D eigenvalue weighted by Gasteiger charge is -2.32. The Morgan fingerprint density at radius 2 is 2.06 bits per heavy atom. The van der Waals surface area contributed by atoms with Crippen molar-refractivity contribution in [2.75, 3.05) is 17.7 Å². The number of aliphatic hydroxyl groups is 1. The number of nitriles is 1. The minimum atomic E-state index is -0.345. The third-order valence-corrected chi connectivity index (χ3v) is 3.24. The highest BCUT2D eigenvalue weighted by molar-refractivity contribution is 5.69. The van der Waals surface area contributed by atoms with Crippen molar-refractivity contribution in [2.45, 2.75) is 32.2 Å². The van der Waals surface area contributed by atoms with E-state index in [2.05, 4.69) is 5.32 Å². The first kappa shape index (κ1) is 13.3. The van der Waals surface area contributed by atoms with E-state index >= 15 is 0 Å². The lowest BCUT2D eigenvalue weighted by atomic mass is 9.93. The predicted octanol–water partition coefficient (Wildman–Crippen LogP) is 2.10. The molecule has 4 nitrogen and oxygen atoms in total. The van der Waals surface area contributed by atoms with E-state index < -0.39 is 0 Å². The van der Waals surface area contributed by atoms with E-state index in [9.17, 15) is 5.11 Å². The fraction of sp³-hybridized carbons (Fsp3) is 0.462. The van der Waals surface area contributed by atoms with E-state index in [1.807, 2.05) is 19.9 Å². The molecule has 0 fully saturated rings. The second-order valence-electron chi connectivity index (χ2n) is 4.18. The molecule has 0 amide bonds. The molecule has 0 saturated carbocycles. The van der Waals surface area contributed by atoms with Gasteiger partial charge < -0.3 is 16.2 Å². The van der Waals surface area contributed by atoms with Crippen LogP contribution in [0.15, 0.2) is 18.2 Å². The molecule has 0 aliphatic carbocycles. The second-order valence-corrected chi connectivity index (χ2v) is 4.18. The van der Waals surface area contributed by atoms with Crippen LogP contribution in [0.2, 0.25) is 0 Å². The van der Waals surface area contributed by atoms with Crippen LogP contribution in [0.25, 0.3) is 0 Å². The fourth-order valence-corrected chi connectivity index (χ4v) is 1.72. The van der Waals surface area contributed by atoms with E-state index in [-0.39, 0.29) is 12.1 Å². The fourth-order valence-electron chi connectivity index (χ4n) is 1.72. The molecule has 4 N–H and O–H groups in total. The Kier molecular flexibility index (Phi) is 4.36. The largest absolute Gasteiger partial charge is 0.397 e. The van der Waals surface area contributed by atoms with Gasteiger partial charge in [-0.25, -0.2) is 0 Å². The molecule has 0 aliphatic heterocycles. The topological polar surface area (TPSA) is 82.1 Å². The second kappa shape index (κ2) is 5.55. The number of anilines is 2. The molecular weight excluding hydrogens is 214 g/mol. The molecule has 0 saturated heterocycles. The van der Waals surface area contributed by atoms with Gasteiger partial charge in [-0.05, 0) is 31.0 Å². The first-order chi connectivity index (χ1) is 8.10. The van der Waals surface area contributed by atoms with Crippen molar-refractivity contribution in [3.63, 3.8) is 0 Å². The van der Waals surface area contributed by atoms with Crippen molar-refractivity contribution in [1.82, 2.24) is 0 Å². The van der Waals surface area contributed by atoms with Crippen LogP contribution in [-0.4, -0.2) is 17.3 Å². The van der Waals surface area contributed by atoms with Crippen molar-refractivity contribution in [1.29, 1.82) is 5.26 Å². The van der Waals surface area contributed by atoms with Gasteiger partial charge in [-0.1, -0.05) is 13.8 Å². The van der Waals surface area contributed by atoms with Gasteiger partial charge in [0.05, 0.1) is 35.2 Å². The Bertz CT molecular complexity index is 411. The van der Waals surface area contributed by atoms with Gasteiger partial charge in [0.2, 0.25) is 0 Å². The number of nitrogens with two attached hydrogens (primary N) is 1. The van der Waals surface area contributed by atoms with Crippen LogP contribution in [0.1, 0.15) is 32.3 Å². The molecule has 1 rings (SSSR count). The predicted molar refractivity (Wildman–Crippen MR) is 69.6 cm³/mol. The standard InChI is InChI=1S/C13H19N3O/c1-3-13(4-2,9-17)16-12-6-5-10(8-14)7-11(12)15/h5-7,16-17H,3-4,9,15H2,1-2H3. The maximum Gasteiger partial charge on any atom is 0.0992 e.